The summed E-state index contributed by atoms with van der Waals surface area (Å²) in [5.41, 5.74) is 1.98. The minimum absolute atomic E-state index is 0.585. The molecule has 0 saturated heterocycles. The zero-order valence-corrected chi connectivity index (χ0v) is 11.0. The third kappa shape index (κ3) is 2.25. The Bertz CT molecular complexity index is 878. The Kier molecular flexibility index (Phi) is 2.67. The van der Waals surface area contributed by atoms with Crippen LogP contribution in [0.25, 0.3) is 17.2 Å². The fourth-order valence-corrected chi connectivity index (χ4v) is 2.13. The lowest BCUT2D eigenvalue weighted by Gasteiger charge is -1.97. The van der Waals surface area contributed by atoms with Gasteiger partial charge in [-0.05, 0) is 5.56 Å². The number of benzene rings is 1. The molecular weight excluding hydrogens is 266 g/mol. The third-order valence-electron chi connectivity index (χ3n) is 3.12. The summed E-state index contributed by atoms with van der Waals surface area (Å²) < 4.78 is 1.64. The van der Waals surface area contributed by atoms with Gasteiger partial charge in [0.15, 0.2) is 5.82 Å². The lowest BCUT2D eigenvalue weighted by atomic mass is 10.2. The van der Waals surface area contributed by atoms with Crippen LogP contribution in [0.3, 0.4) is 0 Å². The maximum Gasteiger partial charge on any atom is 0.252 e. The van der Waals surface area contributed by atoms with Crippen molar-refractivity contribution in [2.75, 3.05) is 0 Å². The van der Waals surface area contributed by atoms with E-state index in [1.807, 2.05) is 36.5 Å². The highest BCUT2D eigenvalue weighted by Gasteiger charge is 2.07. The van der Waals surface area contributed by atoms with Crippen molar-refractivity contribution < 1.29 is 0 Å². The van der Waals surface area contributed by atoms with Crippen LogP contribution in [0, 0.1) is 0 Å². The molecule has 0 aliphatic rings. The van der Waals surface area contributed by atoms with Gasteiger partial charge in [-0.3, -0.25) is 5.10 Å². The normalized spacial score (nSPS) is 11.0. The van der Waals surface area contributed by atoms with Gasteiger partial charge in [-0.15, -0.1) is 0 Å². The quantitative estimate of drug-likeness (QED) is 0.613. The van der Waals surface area contributed by atoms with Crippen molar-refractivity contribution >= 4 is 5.78 Å². The second-order valence-corrected chi connectivity index (χ2v) is 4.62. The molecule has 7 heteroatoms. The smallest absolute Gasteiger partial charge is 0.252 e. The third-order valence-corrected chi connectivity index (χ3v) is 3.12. The number of nitrogens with zero attached hydrogens (tertiary/aromatic N) is 6. The summed E-state index contributed by atoms with van der Waals surface area (Å²) in [6.07, 6.45) is 5.76. The van der Waals surface area contributed by atoms with Gasteiger partial charge in [0, 0.05) is 24.4 Å². The van der Waals surface area contributed by atoms with E-state index in [0.29, 0.717) is 18.0 Å². The largest absolute Gasteiger partial charge is 0.262 e. The molecule has 0 aliphatic heterocycles. The Hall–Kier alpha value is -3.09. The van der Waals surface area contributed by atoms with Crippen LogP contribution in [0.1, 0.15) is 11.4 Å². The van der Waals surface area contributed by atoms with Crippen molar-refractivity contribution in [1.29, 1.82) is 0 Å². The molecule has 7 nitrogen and oxygen atoms in total. The van der Waals surface area contributed by atoms with Crippen LogP contribution < -0.4 is 0 Å². The Balaban J connectivity index is 1.61. The summed E-state index contributed by atoms with van der Waals surface area (Å²) in [4.78, 5) is 12.7. The molecule has 3 heterocycles. The maximum absolute atomic E-state index is 4.50. The first-order valence-corrected chi connectivity index (χ1v) is 6.49. The number of aromatic amines is 1. The number of hydrogen-bond donors (Lipinski definition) is 1. The Morgan fingerprint density at radius 1 is 1.10 bits per heavy atom. The van der Waals surface area contributed by atoms with Crippen molar-refractivity contribution in [2.24, 2.45) is 0 Å². The van der Waals surface area contributed by atoms with Gasteiger partial charge in [0.2, 0.25) is 0 Å². The van der Waals surface area contributed by atoms with Gasteiger partial charge in [0.1, 0.15) is 12.2 Å². The SMILES string of the molecule is c1ccc(-c2n[nH]c(Cc3cnc4ncnn4c3)n2)cc1. The first-order valence-electron chi connectivity index (χ1n) is 6.49. The fourth-order valence-electron chi connectivity index (χ4n) is 2.13. The lowest BCUT2D eigenvalue weighted by molar-refractivity contribution is 0.896. The molecule has 0 unspecified atom stereocenters. The highest BCUT2D eigenvalue weighted by atomic mass is 15.3. The highest BCUT2D eigenvalue weighted by Crippen LogP contribution is 2.14. The van der Waals surface area contributed by atoms with Crippen LogP contribution in [0.15, 0.2) is 49.1 Å². The molecule has 0 bridgehead atoms. The minimum Gasteiger partial charge on any atom is -0.262 e. The minimum atomic E-state index is 0.585. The average Bonchev–Trinajstić information content (AvgIpc) is 3.17. The molecule has 4 rings (SSSR count). The predicted octanol–water partition coefficient (Wildman–Crippen LogP) is 1.50. The first kappa shape index (κ1) is 11.7. The van der Waals surface area contributed by atoms with Gasteiger partial charge in [-0.2, -0.15) is 15.2 Å². The van der Waals surface area contributed by atoms with Gasteiger partial charge >= 0.3 is 0 Å². The molecule has 0 amide bonds. The van der Waals surface area contributed by atoms with Crippen LogP contribution >= 0.6 is 0 Å². The van der Waals surface area contributed by atoms with Crippen molar-refractivity contribution in [2.45, 2.75) is 6.42 Å². The van der Waals surface area contributed by atoms with E-state index < -0.39 is 0 Å². The Labute approximate surface area is 119 Å². The summed E-state index contributed by atoms with van der Waals surface area (Å²) in [6.45, 7) is 0. The summed E-state index contributed by atoms with van der Waals surface area (Å²) in [7, 11) is 0. The summed E-state index contributed by atoms with van der Waals surface area (Å²) in [5.74, 6) is 2.07. The van der Waals surface area contributed by atoms with E-state index in [1.165, 1.54) is 6.33 Å². The van der Waals surface area contributed by atoms with E-state index in [-0.39, 0.29) is 0 Å². The molecule has 0 aliphatic carbocycles. The van der Waals surface area contributed by atoms with Gasteiger partial charge in [-0.1, -0.05) is 30.3 Å². The molecule has 21 heavy (non-hydrogen) atoms. The maximum atomic E-state index is 4.50. The molecule has 0 atom stereocenters. The average molecular weight is 277 g/mol. The van der Waals surface area contributed by atoms with Crippen LogP contribution in [-0.2, 0) is 6.42 Å². The van der Waals surface area contributed by atoms with E-state index >= 15 is 0 Å². The van der Waals surface area contributed by atoms with Crippen LogP contribution in [-0.4, -0.2) is 34.8 Å². The number of nitrogens with one attached hydrogen (secondary N) is 1. The summed E-state index contributed by atoms with van der Waals surface area (Å²) in [6, 6.07) is 9.86. The molecule has 0 fully saturated rings. The van der Waals surface area contributed by atoms with Crippen LogP contribution in [0.5, 0.6) is 0 Å². The lowest BCUT2D eigenvalue weighted by Crippen LogP contribution is -1.97. The van der Waals surface area contributed by atoms with E-state index in [9.17, 15) is 0 Å². The number of fused-ring (bicyclic) bond motifs is 1. The van der Waals surface area contributed by atoms with Crippen LogP contribution in [0.2, 0.25) is 0 Å². The van der Waals surface area contributed by atoms with Crippen molar-refractivity contribution in [3.05, 3.63) is 60.4 Å². The topological polar surface area (TPSA) is 84.6 Å². The first-order chi connectivity index (χ1) is 10.4. The Morgan fingerprint density at radius 3 is 2.90 bits per heavy atom. The van der Waals surface area contributed by atoms with E-state index in [1.54, 1.807) is 10.7 Å². The highest BCUT2D eigenvalue weighted by molar-refractivity contribution is 5.53. The molecule has 3 aromatic heterocycles. The van der Waals surface area contributed by atoms with Gasteiger partial charge in [-0.25, -0.2) is 14.5 Å². The number of aromatic nitrogens is 7. The molecule has 1 N–H and O–H groups in total. The second kappa shape index (κ2) is 4.78. The van der Waals surface area contributed by atoms with Crippen molar-refractivity contribution in [1.82, 2.24) is 34.8 Å². The zero-order valence-electron chi connectivity index (χ0n) is 11.0. The van der Waals surface area contributed by atoms with E-state index in [0.717, 1.165) is 17.0 Å². The van der Waals surface area contributed by atoms with E-state index in [2.05, 4.69) is 30.2 Å². The standard InChI is InChI=1S/C14H11N7/c1-2-4-11(5-3-1)13-18-12(19-20-13)6-10-7-15-14-16-9-17-21(14)8-10/h1-5,7-9H,6H2,(H,18,19,20). The van der Waals surface area contributed by atoms with Gasteiger partial charge in [0.25, 0.3) is 5.78 Å². The van der Waals surface area contributed by atoms with Gasteiger partial charge in [0.05, 0.1) is 0 Å². The molecule has 0 radical (unpaired) electrons. The second-order valence-electron chi connectivity index (χ2n) is 4.62. The molecular formula is C14H11N7. The summed E-state index contributed by atoms with van der Waals surface area (Å²) in [5, 5.41) is 11.3. The fraction of sp³-hybridized carbons (Fsp3) is 0.0714. The van der Waals surface area contributed by atoms with Gasteiger partial charge < -0.3 is 0 Å². The predicted molar refractivity (Wildman–Crippen MR) is 75.4 cm³/mol. The molecule has 0 spiro atoms. The molecule has 0 saturated carbocycles. The monoisotopic (exact) mass is 277 g/mol. The molecule has 1 aromatic carbocycles. The number of rotatable bonds is 3. The van der Waals surface area contributed by atoms with E-state index in [4.69, 9.17) is 0 Å². The zero-order chi connectivity index (χ0) is 14.1. The Morgan fingerprint density at radius 2 is 2.00 bits per heavy atom. The van der Waals surface area contributed by atoms with Crippen molar-refractivity contribution in [3.63, 3.8) is 0 Å². The molecule has 4 aromatic rings. The molecule has 102 valence electrons. The van der Waals surface area contributed by atoms with Crippen molar-refractivity contribution in [3.8, 4) is 11.4 Å². The summed E-state index contributed by atoms with van der Waals surface area (Å²) >= 11 is 0. The number of hydrogen-bond acceptors (Lipinski definition) is 5. The van der Waals surface area contributed by atoms with Crippen LogP contribution in [0.4, 0.5) is 0 Å². The number of H-pyrrole nitrogens is 1.